The van der Waals surface area contributed by atoms with Crippen LogP contribution in [0.15, 0.2) is 11.6 Å². The maximum Gasteiger partial charge on any atom is 0.321 e. The molecule has 3 saturated carbocycles. The lowest BCUT2D eigenvalue weighted by Crippen LogP contribution is -2.70. The van der Waals surface area contributed by atoms with Gasteiger partial charge in [0, 0.05) is 10.8 Å². The van der Waals surface area contributed by atoms with Crippen molar-refractivity contribution < 1.29 is 24.2 Å². The summed E-state index contributed by atoms with van der Waals surface area (Å²) < 4.78 is 5.41. The average molecular weight is 415 g/mol. The van der Waals surface area contributed by atoms with E-state index in [0.717, 1.165) is 38.5 Å². The lowest BCUT2D eigenvalue weighted by atomic mass is 9.29. The summed E-state index contributed by atoms with van der Waals surface area (Å²) >= 11 is 0. The Morgan fingerprint density at radius 1 is 1.13 bits per heavy atom. The van der Waals surface area contributed by atoms with Crippen molar-refractivity contribution in [1.82, 2.24) is 0 Å². The first-order valence-electron chi connectivity index (χ1n) is 11.6. The van der Waals surface area contributed by atoms with Crippen molar-refractivity contribution in [2.24, 2.45) is 44.8 Å². The Labute approximate surface area is 178 Å². The Bertz CT molecular complexity index is 903. The van der Waals surface area contributed by atoms with E-state index in [9.17, 15) is 19.5 Å². The third kappa shape index (κ3) is 1.79. The van der Waals surface area contributed by atoms with Gasteiger partial charge in [-0.25, -0.2) is 0 Å². The first-order valence-corrected chi connectivity index (χ1v) is 11.6. The van der Waals surface area contributed by atoms with Gasteiger partial charge in [0.1, 0.15) is 0 Å². The topological polar surface area (TPSA) is 80.7 Å². The van der Waals surface area contributed by atoms with Crippen molar-refractivity contribution >= 4 is 17.9 Å². The maximum absolute atomic E-state index is 13.4. The molecule has 1 spiro atoms. The highest BCUT2D eigenvalue weighted by Gasteiger charge is 2.81. The zero-order valence-electron chi connectivity index (χ0n) is 18.8. The van der Waals surface area contributed by atoms with Gasteiger partial charge < -0.3 is 9.84 Å². The summed E-state index contributed by atoms with van der Waals surface area (Å²) in [5.74, 6) is -1.76. The van der Waals surface area contributed by atoms with E-state index >= 15 is 0 Å². The molecule has 0 aromatic heterocycles. The average Bonchev–Trinajstić information content (AvgIpc) is 2.92. The molecule has 0 aromatic carbocycles. The summed E-state index contributed by atoms with van der Waals surface area (Å²) in [4.78, 5) is 39.0. The van der Waals surface area contributed by atoms with Crippen molar-refractivity contribution in [1.29, 1.82) is 0 Å². The largest absolute Gasteiger partial charge is 0.481 e. The molecule has 2 bridgehead atoms. The van der Waals surface area contributed by atoms with Crippen molar-refractivity contribution in [3.05, 3.63) is 11.6 Å². The fraction of sp³-hybridized carbons (Fsp3) is 0.800. The van der Waals surface area contributed by atoms with Crippen LogP contribution in [0.2, 0.25) is 0 Å². The van der Waals surface area contributed by atoms with Gasteiger partial charge in [-0.2, -0.15) is 0 Å². The molecule has 0 aromatic rings. The number of esters is 2. The third-order valence-electron chi connectivity index (χ3n) is 11.0. The standard InChI is InChI=1S/C25H34O5/c1-14(2)24-11-12-25(17-18(26)30-20(29)23(17,24)5)15(13-24)7-8-16-21(3,19(27)28)9-6-10-22(16,25)4/h13-14,16-17H,6-12H2,1-5H3,(H,27,28). The van der Waals surface area contributed by atoms with E-state index in [1.54, 1.807) is 0 Å². The molecule has 0 amide bonds. The van der Waals surface area contributed by atoms with Gasteiger partial charge >= 0.3 is 17.9 Å². The van der Waals surface area contributed by atoms with Crippen molar-refractivity contribution in [2.75, 3.05) is 0 Å². The normalized spacial score (nSPS) is 51.7. The molecule has 7 unspecified atom stereocenters. The second-order valence-electron chi connectivity index (χ2n) is 11.8. The molecule has 1 saturated heterocycles. The van der Waals surface area contributed by atoms with Crippen LogP contribution in [0.5, 0.6) is 0 Å². The van der Waals surface area contributed by atoms with E-state index in [1.165, 1.54) is 5.57 Å². The summed E-state index contributed by atoms with van der Waals surface area (Å²) in [7, 11) is 0. The number of carboxylic acids is 1. The number of hydrogen-bond donors (Lipinski definition) is 1. The van der Waals surface area contributed by atoms with E-state index < -0.39 is 28.1 Å². The van der Waals surface area contributed by atoms with E-state index in [0.29, 0.717) is 6.42 Å². The smallest absolute Gasteiger partial charge is 0.321 e. The Morgan fingerprint density at radius 3 is 2.47 bits per heavy atom. The number of allylic oxidation sites excluding steroid dienone is 2. The van der Waals surface area contributed by atoms with E-state index in [4.69, 9.17) is 4.74 Å². The molecule has 6 aliphatic rings. The molecule has 5 nitrogen and oxygen atoms in total. The highest BCUT2D eigenvalue weighted by molar-refractivity contribution is 6.01. The lowest BCUT2D eigenvalue weighted by Gasteiger charge is -2.72. The zero-order chi connectivity index (χ0) is 21.9. The van der Waals surface area contributed by atoms with Gasteiger partial charge in [0.15, 0.2) is 0 Å². The lowest BCUT2D eigenvalue weighted by molar-refractivity contribution is -0.213. The molecule has 1 N–H and O–H groups in total. The van der Waals surface area contributed by atoms with Gasteiger partial charge in [-0.15, -0.1) is 0 Å². The Balaban J connectivity index is 1.80. The van der Waals surface area contributed by atoms with Crippen LogP contribution in [-0.4, -0.2) is 23.0 Å². The van der Waals surface area contributed by atoms with Crippen LogP contribution in [-0.2, 0) is 19.1 Å². The molecule has 5 aliphatic carbocycles. The molecule has 5 heteroatoms. The van der Waals surface area contributed by atoms with Crippen molar-refractivity contribution in [3.63, 3.8) is 0 Å². The summed E-state index contributed by atoms with van der Waals surface area (Å²) in [6.45, 7) is 10.4. The van der Waals surface area contributed by atoms with Gasteiger partial charge in [-0.1, -0.05) is 38.8 Å². The molecular weight excluding hydrogens is 380 g/mol. The minimum Gasteiger partial charge on any atom is -0.481 e. The summed E-state index contributed by atoms with van der Waals surface area (Å²) in [5.41, 5.74) is -1.53. The van der Waals surface area contributed by atoms with Gasteiger partial charge in [-0.3, -0.25) is 14.4 Å². The van der Waals surface area contributed by atoms with E-state index in [-0.39, 0.29) is 34.6 Å². The predicted molar refractivity (Wildman–Crippen MR) is 110 cm³/mol. The fourth-order valence-electron chi connectivity index (χ4n) is 9.51. The zero-order valence-corrected chi connectivity index (χ0v) is 18.8. The highest BCUT2D eigenvalue weighted by atomic mass is 16.6. The van der Waals surface area contributed by atoms with Crippen LogP contribution in [0.4, 0.5) is 0 Å². The minimum atomic E-state index is -0.873. The fourth-order valence-corrected chi connectivity index (χ4v) is 9.51. The molecule has 1 aliphatic heterocycles. The second-order valence-corrected chi connectivity index (χ2v) is 11.8. The number of aliphatic carboxylic acids is 1. The number of carboxylic acid groups (broad SMARTS) is 1. The first-order chi connectivity index (χ1) is 13.9. The number of carbonyl (C=O) groups excluding carboxylic acids is 2. The first kappa shape index (κ1) is 20.3. The van der Waals surface area contributed by atoms with Crippen LogP contribution >= 0.6 is 0 Å². The Hall–Kier alpha value is -1.65. The molecule has 164 valence electrons. The SMILES string of the molecule is CC(C)C12C=C3CCC4C(C)(C(=O)O)CCCC4(C)C3(CC1)C1C(=O)OC(=O)C12C. The minimum absolute atomic E-state index is 0.00852. The number of carbonyl (C=O) groups is 3. The molecule has 30 heavy (non-hydrogen) atoms. The summed E-state index contributed by atoms with van der Waals surface area (Å²) in [6, 6.07) is 0. The predicted octanol–water partition coefficient (Wildman–Crippen LogP) is 4.75. The van der Waals surface area contributed by atoms with Crippen LogP contribution in [0, 0.1) is 44.8 Å². The van der Waals surface area contributed by atoms with Gasteiger partial charge in [0.05, 0.1) is 16.7 Å². The molecule has 7 atom stereocenters. The molecule has 4 fully saturated rings. The van der Waals surface area contributed by atoms with Crippen molar-refractivity contribution in [3.8, 4) is 0 Å². The van der Waals surface area contributed by atoms with Gasteiger partial charge in [-0.05, 0) is 69.6 Å². The van der Waals surface area contributed by atoms with Crippen molar-refractivity contribution in [2.45, 2.75) is 79.6 Å². The van der Waals surface area contributed by atoms with Gasteiger partial charge in [0.25, 0.3) is 0 Å². The van der Waals surface area contributed by atoms with Crippen LogP contribution in [0.1, 0.15) is 79.6 Å². The molecule has 6 rings (SSSR count). The van der Waals surface area contributed by atoms with Gasteiger partial charge in [0.2, 0.25) is 0 Å². The molecule has 0 radical (unpaired) electrons. The number of rotatable bonds is 2. The number of ether oxygens (including phenoxy) is 1. The van der Waals surface area contributed by atoms with E-state index in [2.05, 4.69) is 26.8 Å². The maximum atomic E-state index is 13.4. The van der Waals surface area contributed by atoms with Crippen LogP contribution in [0.25, 0.3) is 0 Å². The molecule has 1 heterocycles. The summed E-state index contributed by atoms with van der Waals surface area (Å²) in [5, 5.41) is 10.2. The second kappa shape index (κ2) is 5.58. The number of hydrogen-bond acceptors (Lipinski definition) is 4. The Kier molecular flexibility index (Phi) is 3.77. The quantitative estimate of drug-likeness (QED) is 0.401. The highest BCUT2D eigenvalue weighted by Crippen LogP contribution is 2.81. The number of cyclic esters (lactones) is 2. The van der Waals surface area contributed by atoms with E-state index in [1.807, 2.05) is 13.8 Å². The monoisotopic (exact) mass is 414 g/mol. The van der Waals surface area contributed by atoms with Crippen LogP contribution < -0.4 is 0 Å². The number of fused-ring (bicyclic) bond motifs is 2. The summed E-state index contributed by atoms with van der Waals surface area (Å²) in [6.07, 6.45) is 8.16. The van der Waals surface area contributed by atoms with Crippen LogP contribution in [0.3, 0.4) is 0 Å². The molecular formula is C25H34O5. The third-order valence-corrected chi connectivity index (χ3v) is 11.0. The Morgan fingerprint density at radius 2 is 1.83 bits per heavy atom.